The van der Waals surface area contributed by atoms with Crippen LogP contribution in [0.25, 0.3) is 0 Å². The number of nitrogen functional groups attached to an aromatic ring is 1. The molecule has 1 saturated carbocycles. The molecule has 1 heterocycles. The number of nitrogens with zero attached hydrogens (tertiary/aromatic N) is 2. The third-order valence-corrected chi connectivity index (χ3v) is 3.20. The molecule has 0 radical (unpaired) electrons. The average molecular weight is 268 g/mol. The first-order valence-electron chi connectivity index (χ1n) is 4.63. The molecule has 5 heteroatoms. The molecule has 0 aliphatic heterocycles. The third kappa shape index (κ3) is 1.90. The van der Waals surface area contributed by atoms with Crippen molar-refractivity contribution in [1.82, 2.24) is 4.57 Å². The topological polar surface area (TPSA) is 71.8 Å². The highest BCUT2D eigenvalue weighted by molar-refractivity contribution is 9.10. The highest BCUT2D eigenvalue weighted by atomic mass is 79.9. The van der Waals surface area contributed by atoms with Gasteiger partial charge in [0, 0.05) is 18.4 Å². The van der Waals surface area contributed by atoms with Crippen molar-refractivity contribution in [1.29, 1.82) is 5.26 Å². The van der Waals surface area contributed by atoms with Crippen molar-refractivity contribution in [2.24, 2.45) is 5.41 Å². The minimum absolute atomic E-state index is 0.134. The summed E-state index contributed by atoms with van der Waals surface area (Å²) >= 11 is 3.15. The molecular formula is C10H10BrN3O. The van der Waals surface area contributed by atoms with Crippen molar-refractivity contribution in [3.8, 4) is 6.07 Å². The van der Waals surface area contributed by atoms with Crippen molar-refractivity contribution < 1.29 is 0 Å². The number of nitriles is 1. The summed E-state index contributed by atoms with van der Waals surface area (Å²) in [5.74, 6) is 0. The van der Waals surface area contributed by atoms with E-state index < -0.39 is 0 Å². The number of halogens is 1. The van der Waals surface area contributed by atoms with Crippen LogP contribution in [0.15, 0.2) is 21.5 Å². The minimum atomic E-state index is -0.336. The lowest BCUT2D eigenvalue weighted by molar-refractivity contribution is 0.515. The zero-order valence-corrected chi connectivity index (χ0v) is 9.62. The van der Waals surface area contributed by atoms with Gasteiger partial charge in [0.2, 0.25) is 0 Å². The first-order valence-corrected chi connectivity index (χ1v) is 5.42. The molecule has 1 aromatic heterocycles. The monoisotopic (exact) mass is 267 g/mol. The van der Waals surface area contributed by atoms with Crippen molar-refractivity contribution in [3.63, 3.8) is 0 Å². The number of nitrogens with two attached hydrogens (primary N) is 1. The lowest BCUT2D eigenvalue weighted by Crippen LogP contribution is -2.24. The molecule has 0 amide bonds. The molecular weight excluding hydrogens is 258 g/mol. The van der Waals surface area contributed by atoms with Gasteiger partial charge in [0.1, 0.15) is 0 Å². The van der Waals surface area contributed by atoms with Gasteiger partial charge in [0.05, 0.1) is 16.0 Å². The van der Waals surface area contributed by atoms with E-state index in [9.17, 15) is 4.79 Å². The van der Waals surface area contributed by atoms with E-state index in [2.05, 4.69) is 22.0 Å². The van der Waals surface area contributed by atoms with Gasteiger partial charge in [-0.1, -0.05) is 0 Å². The van der Waals surface area contributed by atoms with E-state index in [1.54, 1.807) is 12.3 Å². The predicted molar refractivity (Wildman–Crippen MR) is 60.1 cm³/mol. The third-order valence-electron chi connectivity index (χ3n) is 2.63. The summed E-state index contributed by atoms with van der Waals surface area (Å²) in [6, 6.07) is 3.83. The van der Waals surface area contributed by atoms with E-state index >= 15 is 0 Å². The summed E-state index contributed by atoms with van der Waals surface area (Å²) in [5, 5.41) is 8.94. The number of aromatic nitrogens is 1. The average Bonchev–Trinajstić information content (AvgIpc) is 2.94. The number of hydrogen-bond donors (Lipinski definition) is 1. The molecule has 0 unspecified atom stereocenters. The van der Waals surface area contributed by atoms with E-state index in [0.717, 1.165) is 12.8 Å². The summed E-state index contributed by atoms with van der Waals surface area (Å²) in [5.41, 5.74) is 5.69. The number of rotatable bonds is 2. The maximum Gasteiger partial charge on any atom is 0.265 e. The van der Waals surface area contributed by atoms with Crippen molar-refractivity contribution in [2.75, 3.05) is 5.73 Å². The van der Waals surface area contributed by atoms with Crippen LogP contribution in [0.4, 0.5) is 5.69 Å². The number of pyridine rings is 1. The second kappa shape index (κ2) is 3.38. The van der Waals surface area contributed by atoms with Crippen LogP contribution in [0.1, 0.15) is 12.8 Å². The summed E-state index contributed by atoms with van der Waals surface area (Å²) in [6.07, 6.45) is 3.31. The summed E-state index contributed by atoms with van der Waals surface area (Å²) in [4.78, 5) is 11.7. The van der Waals surface area contributed by atoms with Gasteiger partial charge in [0.15, 0.2) is 0 Å². The fourth-order valence-electron chi connectivity index (χ4n) is 1.52. The maximum atomic E-state index is 11.7. The molecule has 0 bridgehead atoms. The Labute approximate surface area is 95.4 Å². The first kappa shape index (κ1) is 10.2. The molecule has 1 fully saturated rings. The van der Waals surface area contributed by atoms with E-state index in [1.165, 1.54) is 4.57 Å². The Morgan fingerprint density at radius 2 is 2.33 bits per heavy atom. The van der Waals surface area contributed by atoms with E-state index in [-0.39, 0.29) is 11.0 Å². The maximum absolute atomic E-state index is 11.7. The van der Waals surface area contributed by atoms with Gasteiger partial charge in [-0.3, -0.25) is 4.79 Å². The molecule has 1 aliphatic rings. The van der Waals surface area contributed by atoms with Crippen molar-refractivity contribution in [3.05, 3.63) is 27.1 Å². The predicted octanol–water partition coefficient (Wildman–Crippen LogP) is 1.50. The standard InChI is InChI=1S/C10H10BrN3O/c11-8-3-7(13)4-14(9(8)15)6-10(5-12)1-2-10/h3-4H,1-2,6,13H2. The lowest BCUT2D eigenvalue weighted by Gasteiger charge is -2.10. The van der Waals surface area contributed by atoms with Crippen LogP contribution >= 0.6 is 15.9 Å². The molecule has 15 heavy (non-hydrogen) atoms. The van der Waals surface area contributed by atoms with Crippen LogP contribution in [-0.4, -0.2) is 4.57 Å². The van der Waals surface area contributed by atoms with Gasteiger partial charge in [0.25, 0.3) is 5.56 Å². The SMILES string of the molecule is N#CC1(Cn2cc(N)cc(Br)c2=O)CC1. The normalized spacial score (nSPS) is 17.1. The second-order valence-corrected chi connectivity index (χ2v) is 4.80. The molecule has 0 aromatic carbocycles. The molecule has 0 atom stereocenters. The molecule has 0 spiro atoms. The Morgan fingerprint density at radius 1 is 1.67 bits per heavy atom. The van der Waals surface area contributed by atoms with Crippen molar-refractivity contribution in [2.45, 2.75) is 19.4 Å². The molecule has 0 saturated heterocycles. The number of anilines is 1. The first-order chi connectivity index (χ1) is 7.06. The molecule has 4 nitrogen and oxygen atoms in total. The molecule has 1 aromatic rings. The molecule has 2 N–H and O–H groups in total. The highest BCUT2D eigenvalue weighted by Gasteiger charge is 2.43. The van der Waals surface area contributed by atoms with Crippen LogP contribution in [0, 0.1) is 16.7 Å². The van der Waals surface area contributed by atoms with Crippen LogP contribution < -0.4 is 11.3 Å². The van der Waals surface area contributed by atoms with Crippen LogP contribution in [0.3, 0.4) is 0 Å². The number of hydrogen-bond acceptors (Lipinski definition) is 3. The Bertz CT molecular complexity index is 496. The fraction of sp³-hybridized carbons (Fsp3) is 0.400. The Hall–Kier alpha value is -1.28. The van der Waals surface area contributed by atoms with Gasteiger partial charge < -0.3 is 10.3 Å². The van der Waals surface area contributed by atoms with E-state index in [4.69, 9.17) is 11.0 Å². The van der Waals surface area contributed by atoms with Crippen LogP contribution in [0.5, 0.6) is 0 Å². The molecule has 2 rings (SSSR count). The van der Waals surface area contributed by atoms with Gasteiger partial charge in [-0.05, 0) is 34.8 Å². The quantitative estimate of drug-likeness (QED) is 0.883. The summed E-state index contributed by atoms with van der Waals surface area (Å²) in [7, 11) is 0. The zero-order chi connectivity index (χ0) is 11.1. The highest BCUT2D eigenvalue weighted by Crippen LogP contribution is 2.46. The Morgan fingerprint density at radius 3 is 2.87 bits per heavy atom. The zero-order valence-electron chi connectivity index (χ0n) is 8.03. The van der Waals surface area contributed by atoms with Gasteiger partial charge in [-0.25, -0.2) is 0 Å². The smallest absolute Gasteiger partial charge is 0.265 e. The summed E-state index contributed by atoms with van der Waals surface area (Å²) < 4.78 is 1.95. The van der Waals surface area contributed by atoms with Gasteiger partial charge in [-0.15, -0.1) is 0 Å². The van der Waals surface area contributed by atoms with Crippen LogP contribution in [-0.2, 0) is 6.54 Å². The summed E-state index contributed by atoms with van der Waals surface area (Å²) in [6.45, 7) is 0.436. The lowest BCUT2D eigenvalue weighted by atomic mass is 10.1. The minimum Gasteiger partial charge on any atom is -0.398 e. The Balaban J connectivity index is 2.37. The molecule has 78 valence electrons. The molecule has 1 aliphatic carbocycles. The second-order valence-electron chi connectivity index (χ2n) is 3.95. The van der Waals surface area contributed by atoms with Gasteiger partial charge in [-0.2, -0.15) is 5.26 Å². The van der Waals surface area contributed by atoms with E-state index in [1.807, 2.05) is 0 Å². The Kier molecular flexibility index (Phi) is 2.31. The van der Waals surface area contributed by atoms with E-state index in [0.29, 0.717) is 16.7 Å². The van der Waals surface area contributed by atoms with Crippen molar-refractivity contribution >= 4 is 21.6 Å². The fourth-order valence-corrected chi connectivity index (χ4v) is 2.01. The van der Waals surface area contributed by atoms with Gasteiger partial charge >= 0.3 is 0 Å². The van der Waals surface area contributed by atoms with Crippen LogP contribution in [0.2, 0.25) is 0 Å². The largest absolute Gasteiger partial charge is 0.398 e.